The molecule has 0 aliphatic rings. The van der Waals surface area contributed by atoms with Gasteiger partial charge in [0.25, 0.3) is 0 Å². The number of benzene rings is 1. The van der Waals surface area contributed by atoms with E-state index in [1.54, 1.807) is 7.11 Å². The molecule has 0 bridgehead atoms. The Hall–Kier alpha value is -1.52. The van der Waals surface area contributed by atoms with Crippen LogP contribution in [0.25, 0.3) is 0 Å². The number of para-hydroxylation sites is 1. The van der Waals surface area contributed by atoms with Crippen LogP contribution in [0.5, 0.6) is 5.75 Å². The average molecular weight is 302 g/mol. The van der Waals surface area contributed by atoms with Crippen molar-refractivity contribution in [2.75, 3.05) is 19.4 Å². The molecule has 1 unspecified atom stereocenters. The Morgan fingerprint density at radius 2 is 1.95 bits per heavy atom. The van der Waals surface area contributed by atoms with Crippen molar-refractivity contribution in [3.05, 3.63) is 54.4 Å². The highest BCUT2D eigenvalue weighted by Crippen LogP contribution is 2.29. The van der Waals surface area contributed by atoms with Crippen LogP contribution in [0.4, 0.5) is 0 Å². The van der Waals surface area contributed by atoms with E-state index in [9.17, 15) is 0 Å². The highest BCUT2D eigenvalue weighted by molar-refractivity contribution is 7.99. The van der Waals surface area contributed by atoms with Gasteiger partial charge in [0.2, 0.25) is 0 Å². The van der Waals surface area contributed by atoms with Crippen LogP contribution in [-0.4, -0.2) is 24.4 Å². The topological polar surface area (TPSA) is 34.1 Å². The van der Waals surface area contributed by atoms with E-state index in [0.29, 0.717) is 5.92 Å². The van der Waals surface area contributed by atoms with Crippen LogP contribution in [0.1, 0.15) is 12.5 Å². The summed E-state index contributed by atoms with van der Waals surface area (Å²) in [5, 5.41) is 3.49. The molecule has 0 aliphatic carbocycles. The van der Waals surface area contributed by atoms with Gasteiger partial charge in [-0.2, -0.15) is 0 Å². The van der Waals surface area contributed by atoms with E-state index < -0.39 is 0 Å². The quantitative estimate of drug-likeness (QED) is 0.755. The zero-order valence-electron chi connectivity index (χ0n) is 12.6. The van der Waals surface area contributed by atoms with Crippen molar-refractivity contribution >= 4 is 11.8 Å². The Labute approximate surface area is 131 Å². The van der Waals surface area contributed by atoms with E-state index in [2.05, 4.69) is 29.4 Å². The lowest BCUT2D eigenvalue weighted by Crippen LogP contribution is -2.22. The molecule has 1 aromatic carbocycles. The lowest BCUT2D eigenvalue weighted by Gasteiger charge is -2.13. The molecule has 0 saturated carbocycles. The molecule has 1 aromatic heterocycles. The molecule has 1 heterocycles. The van der Waals surface area contributed by atoms with Crippen molar-refractivity contribution in [3.63, 3.8) is 0 Å². The SMILES string of the molecule is COc1ccccc1SCC(C)CNCc1ccncc1. The first-order valence-corrected chi connectivity index (χ1v) is 8.13. The molecule has 1 N–H and O–H groups in total. The van der Waals surface area contributed by atoms with Gasteiger partial charge in [-0.05, 0) is 42.3 Å². The monoisotopic (exact) mass is 302 g/mol. The van der Waals surface area contributed by atoms with Crippen LogP contribution < -0.4 is 10.1 Å². The van der Waals surface area contributed by atoms with Gasteiger partial charge < -0.3 is 10.1 Å². The predicted octanol–water partition coefficient (Wildman–Crippen LogP) is 3.61. The van der Waals surface area contributed by atoms with Gasteiger partial charge in [-0.1, -0.05) is 19.1 Å². The fourth-order valence-electron chi connectivity index (χ4n) is 1.99. The summed E-state index contributed by atoms with van der Waals surface area (Å²) in [4.78, 5) is 5.23. The first-order chi connectivity index (χ1) is 10.3. The summed E-state index contributed by atoms with van der Waals surface area (Å²) >= 11 is 1.85. The average Bonchev–Trinajstić information content (AvgIpc) is 2.54. The Morgan fingerprint density at radius 1 is 1.19 bits per heavy atom. The van der Waals surface area contributed by atoms with Crippen molar-refractivity contribution in [1.29, 1.82) is 0 Å². The molecule has 4 heteroatoms. The number of aromatic nitrogens is 1. The Balaban J connectivity index is 1.71. The number of hydrogen-bond acceptors (Lipinski definition) is 4. The molecule has 0 saturated heterocycles. The summed E-state index contributed by atoms with van der Waals surface area (Å²) in [6, 6.07) is 12.3. The van der Waals surface area contributed by atoms with Crippen LogP contribution in [0.15, 0.2) is 53.7 Å². The molecule has 112 valence electrons. The molecule has 0 fully saturated rings. The molecule has 0 spiro atoms. The summed E-state index contributed by atoms with van der Waals surface area (Å²) in [6.07, 6.45) is 3.66. The fourth-order valence-corrected chi connectivity index (χ4v) is 3.04. The molecule has 21 heavy (non-hydrogen) atoms. The number of methoxy groups -OCH3 is 1. The van der Waals surface area contributed by atoms with E-state index in [1.165, 1.54) is 10.5 Å². The molecule has 3 nitrogen and oxygen atoms in total. The van der Waals surface area contributed by atoms with Crippen molar-refractivity contribution < 1.29 is 4.74 Å². The molecule has 0 radical (unpaired) electrons. The summed E-state index contributed by atoms with van der Waals surface area (Å²) in [7, 11) is 1.72. The van der Waals surface area contributed by atoms with Gasteiger partial charge in [-0.15, -0.1) is 11.8 Å². The number of ether oxygens (including phenoxy) is 1. The summed E-state index contributed by atoms with van der Waals surface area (Å²) in [5.41, 5.74) is 1.27. The standard InChI is InChI=1S/C17H22N2OS/c1-14(11-19-12-15-7-9-18-10-8-15)13-21-17-6-4-3-5-16(17)20-2/h3-10,14,19H,11-13H2,1-2H3. The van der Waals surface area contributed by atoms with E-state index in [4.69, 9.17) is 4.74 Å². The van der Waals surface area contributed by atoms with E-state index in [0.717, 1.165) is 24.6 Å². The van der Waals surface area contributed by atoms with Crippen LogP contribution in [-0.2, 0) is 6.54 Å². The number of pyridine rings is 1. The molecular weight excluding hydrogens is 280 g/mol. The van der Waals surface area contributed by atoms with Gasteiger partial charge in [-0.3, -0.25) is 4.98 Å². The highest BCUT2D eigenvalue weighted by Gasteiger charge is 2.06. The van der Waals surface area contributed by atoms with Crippen molar-refractivity contribution in [2.45, 2.75) is 18.4 Å². The molecule has 0 amide bonds. The third-order valence-electron chi connectivity index (χ3n) is 3.16. The summed E-state index contributed by atoms with van der Waals surface area (Å²) in [5.74, 6) is 2.63. The fraction of sp³-hybridized carbons (Fsp3) is 0.353. The second-order valence-electron chi connectivity index (χ2n) is 5.05. The Bertz CT molecular complexity index is 533. The summed E-state index contributed by atoms with van der Waals surface area (Å²) in [6.45, 7) is 4.17. The Morgan fingerprint density at radius 3 is 2.71 bits per heavy atom. The van der Waals surface area contributed by atoms with E-state index >= 15 is 0 Å². The number of hydrogen-bond donors (Lipinski definition) is 1. The van der Waals surface area contributed by atoms with Crippen LogP contribution in [0.2, 0.25) is 0 Å². The molecule has 2 aromatic rings. The van der Waals surface area contributed by atoms with E-state index in [1.807, 2.05) is 48.4 Å². The largest absolute Gasteiger partial charge is 0.496 e. The minimum Gasteiger partial charge on any atom is -0.496 e. The highest BCUT2D eigenvalue weighted by atomic mass is 32.2. The van der Waals surface area contributed by atoms with Crippen molar-refractivity contribution in [1.82, 2.24) is 10.3 Å². The van der Waals surface area contributed by atoms with Crippen molar-refractivity contribution in [2.24, 2.45) is 5.92 Å². The second-order valence-corrected chi connectivity index (χ2v) is 6.12. The maximum absolute atomic E-state index is 5.37. The first kappa shape index (κ1) is 15.9. The van der Waals surface area contributed by atoms with Gasteiger partial charge in [0.15, 0.2) is 0 Å². The molecule has 0 aliphatic heterocycles. The molecule has 1 atom stereocenters. The number of nitrogens with one attached hydrogen (secondary N) is 1. The molecule has 2 rings (SSSR count). The van der Waals surface area contributed by atoms with Gasteiger partial charge in [0, 0.05) is 29.6 Å². The number of thioether (sulfide) groups is 1. The number of rotatable bonds is 8. The van der Waals surface area contributed by atoms with Crippen LogP contribution >= 0.6 is 11.8 Å². The molecular formula is C17H22N2OS. The smallest absolute Gasteiger partial charge is 0.132 e. The normalized spacial score (nSPS) is 12.1. The Kier molecular flexibility index (Phi) is 6.57. The third-order valence-corrected chi connectivity index (χ3v) is 4.55. The van der Waals surface area contributed by atoms with Crippen LogP contribution in [0.3, 0.4) is 0 Å². The van der Waals surface area contributed by atoms with E-state index in [-0.39, 0.29) is 0 Å². The van der Waals surface area contributed by atoms with Crippen molar-refractivity contribution in [3.8, 4) is 5.75 Å². The minimum atomic E-state index is 0.599. The second kappa shape index (κ2) is 8.70. The van der Waals surface area contributed by atoms with Gasteiger partial charge in [-0.25, -0.2) is 0 Å². The lowest BCUT2D eigenvalue weighted by molar-refractivity contribution is 0.404. The lowest BCUT2D eigenvalue weighted by atomic mass is 10.2. The zero-order chi connectivity index (χ0) is 14.9. The van der Waals surface area contributed by atoms with Gasteiger partial charge >= 0.3 is 0 Å². The first-order valence-electron chi connectivity index (χ1n) is 7.15. The van der Waals surface area contributed by atoms with Crippen LogP contribution in [0, 0.1) is 5.92 Å². The van der Waals surface area contributed by atoms with Gasteiger partial charge in [0.1, 0.15) is 5.75 Å². The minimum absolute atomic E-state index is 0.599. The summed E-state index contributed by atoms with van der Waals surface area (Å²) < 4.78 is 5.37. The van der Waals surface area contributed by atoms with Gasteiger partial charge in [0.05, 0.1) is 7.11 Å². The maximum atomic E-state index is 5.37. The zero-order valence-corrected chi connectivity index (χ0v) is 13.4. The maximum Gasteiger partial charge on any atom is 0.132 e. The number of nitrogens with zero attached hydrogens (tertiary/aromatic N) is 1. The predicted molar refractivity (Wildman–Crippen MR) is 88.8 cm³/mol. The third kappa shape index (κ3) is 5.40.